The van der Waals surface area contributed by atoms with E-state index in [4.69, 9.17) is 4.74 Å². The molecule has 20 heavy (non-hydrogen) atoms. The Kier molecular flexibility index (Phi) is 4.86. The number of esters is 1. The van der Waals surface area contributed by atoms with Crippen molar-refractivity contribution in [2.45, 2.75) is 26.8 Å². The molecule has 0 spiro atoms. The van der Waals surface area contributed by atoms with Crippen molar-refractivity contribution < 1.29 is 9.53 Å². The molecule has 0 bridgehead atoms. The summed E-state index contributed by atoms with van der Waals surface area (Å²) in [6.45, 7) is 5.02. The SMILES string of the molecule is CCOC(=O)CCNCc1cc(=O)n2c(C)csc2n1. The van der Waals surface area contributed by atoms with Gasteiger partial charge in [0.15, 0.2) is 4.96 Å². The predicted molar refractivity (Wildman–Crippen MR) is 77.0 cm³/mol. The highest BCUT2D eigenvalue weighted by Gasteiger charge is 2.06. The van der Waals surface area contributed by atoms with Gasteiger partial charge in [-0.05, 0) is 13.8 Å². The van der Waals surface area contributed by atoms with Crippen molar-refractivity contribution in [1.29, 1.82) is 0 Å². The lowest BCUT2D eigenvalue weighted by molar-refractivity contribution is -0.142. The molecule has 0 aliphatic rings. The molecule has 0 unspecified atom stereocenters. The standard InChI is InChI=1S/C13H17N3O3S/c1-3-19-12(18)4-5-14-7-10-6-11(17)16-9(2)8-20-13(16)15-10/h6,8,14H,3-5,7H2,1-2H3. The van der Waals surface area contributed by atoms with Crippen LogP contribution in [-0.2, 0) is 16.1 Å². The first kappa shape index (κ1) is 14.7. The number of nitrogens with one attached hydrogen (secondary N) is 1. The predicted octanol–water partition coefficient (Wildman–Crippen LogP) is 1.11. The number of carbonyl (C=O) groups excluding carboxylic acids is 1. The lowest BCUT2D eigenvalue weighted by Gasteiger charge is -2.04. The minimum atomic E-state index is -0.225. The molecule has 6 nitrogen and oxygen atoms in total. The molecule has 0 fully saturated rings. The highest BCUT2D eigenvalue weighted by molar-refractivity contribution is 7.15. The lowest BCUT2D eigenvalue weighted by atomic mass is 10.3. The molecule has 2 heterocycles. The van der Waals surface area contributed by atoms with Gasteiger partial charge in [0.2, 0.25) is 0 Å². The third-order valence-corrected chi connectivity index (χ3v) is 3.69. The van der Waals surface area contributed by atoms with Crippen LogP contribution >= 0.6 is 11.3 Å². The van der Waals surface area contributed by atoms with Crippen molar-refractivity contribution >= 4 is 22.3 Å². The Morgan fingerprint density at radius 3 is 3.10 bits per heavy atom. The molecule has 0 radical (unpaired) electrons. The fourth-order valence-electron chi connectivity index (χ4n) is 1.83. The number of carbonyl (C=O) groups is 1. The van der Waals surface area contributed by atoms with E-state index in [1.165, 1.54) is 17.4 Å². The summed E-state index contributed by atoms with van der Waals surface area (Å²) in [5, 5.41) is 4.99. The Labute approximate surface area is 120 Å². The number of aromatic nitrogens is 2. The van der Waals surface area contributed by atoms with Crippen LogP contribution in [0.15, 0.2) is 16.2 Å². The summed E-state index contributed by atoms with van der Waals surface area (Å²) in [7, 11) is 0. The van der Waals surface area contributed by atoms with Crippen LogP contribution in [0.25, 0.3) is 4.96 Å². The smallest absolute Gasteiger partial charge is 0.307 e. The molecule has 108 valence electrons. The van der Waals surface area contributed by atoms with Gasteiger partial charge in [-0.25, -0.2) is 4.98 Å². The first-order chi connectivity index (χ1) is 9.61. The van der Waals surface area contributed by atoms with Crippen LogP contribution in [0, 0.1) is 6.92 Å². The van der Waals surface area contributed by atoms with E-state index in [1.807, 2.05) is 12.3 Å². The van der Waals surface area contributed by atoms with Gasteiger partial charge < -0.3 is 10.1 Å². The van der Waals surface area contributed by atoms with Gasteiger partial charge in [0, 0.05) is 30.2 Å². The average molecular weight is 295 g/mol. The summed E-state index contributed by atoms with van der Waals surface area (Å²) in [6.07, 6.45) is 0.313. The Morgan fingerprint density at radius 2 is 2.35 bits per heavy atom. The van der Waals surface area contributed by atoms with Gasteiger partial charge in [-0.3, -0.25) is 14.0 Å². The molecule has 0 aromatic carbocycles. The minimum Gasteiger partial charge on any atom is -0.466 e. The Balaban J connectivity index is 1.94. The third kappa shape index (κ3) is 3.43. The van der Waals surface area contributed by atoms with Crippen LogP contribution in [-0.4, -0.2) is 28.5 Å². The molecule has 0 saturated carbocycles. The monoisotopic (exact) mass is 295 g/mol. The fourth-order valence-corrected chi connectivity index (χ4v) is 2.72. The van der Waals surface area contributed by atoms with E-state index < -0.39 is 0 Å². The molecular formula is C13H17N3O3S. The zero-order valence-electron chi connectivity index (χ0n) is 11.5. The topological polar surface area (TPSA) is 72.7 Å². The number of hydrogen-bond acceptors (Lipinski definition) is 6. The van der Waals surface area contributed by atoms with Gasteiger partial charge in [0.1, 0.15) is 0 Å². The van der Waals surface area contributed by atoms with Gasteiger partial charge in [-0.1, -0.05) is 0 Å². The lowest BCUT2D eigenvalue weighted by Crippen LogP contribution is -2.22. The average Bonchev–Trinajstić information content (AvgIpc) is 2.77. The number of ether oxygens (including phenoxy) is 1. The van der Waals surface area contributed by atoms with E-state index in [1.54, 1.807) is 11.3 Å². The van der Waals surface area contributed by atoms with Crippen molar-refractivity contribution in [3.63, 3.8) is 0 Å². The highest BCUT2D eigenvalue weighted by atomic mass is 32.1. The maximum absolute atomic E-state index is 11.9. The minimum absolute atomic E-state index is 0.0732. The molecule has 0 saturated heterocycles. The molecule has 0 atom stereocenters. The van der Waals surface area contributed by atoms with E-state index in [0.29, 0.717) is 36.8 Å². The van der Waals surface area contributed by atoms with Gasteiger partial charge in [0.25, 0.3) is 5.56 Å². The summed E-state index contributed by atoms with van der Waals surface area (Å²) in [5.41, 5.74) is 1.50. The van der Waals surface area contributed by atoms with Gasteiger partial charge >= 0.3 is 5.97 Å². The molecule has 0 aliphatic heterocycles. The zero-order valence-corrected chi connectivity index (χ0v) is 12.3. The summed E-state index contributed by atoms with van der Waals surface area (Å²) in [6, 6.07) is 1.52. The van der Waals surface area contributed by atoms with Crippen molar-refractivity contribution in [3.05, 3.63) is 33.2 Å². The first-order valence-corrected chi connectivity index (χ1v) is 7.33. The van der Waals surface area contributed by atoms with Gasteiger partial charge in [0.05, 0.1) is 18.7 Å². The molecular weight excluding hydrogens is 278 g/mol. The van der Waals surface area contributed by atoms with Crippen LogP contribution in [0.1, 0.15) is 24.7 Å². The Bertz CT molecular complexity index is 662. The second kappa shape index (κ2) is 6.62. The van der Waals surface area contributed by atoms with E-state index >= 15 is 0 Å². The van der Waals surface area contributed by atoms with Crippen LogP contribution in [0.5, 0.6) is 0 Å². The van der Waals surface area contributed by atoms with E-state index in [-0.39, 0.29) is 11.5 Å². The van der Waals surface area contributed by atoms with Crippen LogP contribution in [0.3, 0.4) is 0 Å². The Hall–Kier alpha value is -1.73. The van der Waals surface area contributed by atoms with Crippen LogP contribution in [0.2, 0.25) is 0 Å². The fraction of sp³-hybridized carbons (Fsp3) is 0.462. The number of hydrogen-bond donors (Lipinski definition) is 1. The summed E-state index contributed by atoms with van der Waals surface area (Å²) in [5.74, 6) is -0.225. The molecule has 0 amide bonds. The molecule has 2 rings (SSSR count). The number of nitrogens with zero attached hydrogens (tertiary/aromatic N) is 2. The molecule has 7 heteroatoms. The highest BCUT2D eigenvalue weighted by Crippen LogP contribution is 2.11. The molecule has 1 N–H and O–H groups in total. The van der Waals surface area contributed by atoms with Crippen molar-refractivity contribution in [1.82, 2.24) is 14.7 Å². The zero-order chi connectivity index (χ0) is 14.5. The largest absolute Gasteiger partial charge is 0.466 e. The molecule has 0 aliphatic carbocycles. The maximum atomic E-state index is 11.9. The van der Waals surface area contributed by atoms with Gasteiger partial charge in [-0.15, -0.1) is 11.3 Å². The van der Waals surface area contributed by atoms with Gasteiger partial charge in [-0.2, -0.15) is 0 Å². The summed E-state index contributed by atoms with van der Waals surface area (Å²) >= 11 is 1.44. The van der Waals surface area contributed by atoms with E-state index in [0.717, 1.165) is 5.69 Å². The van der Waals surface area contributed by atoms with Crippen molar-refractivity contribution in [3.8, 4) is 0 Å². The maximum Gasteiger partial charge on any atom is 0.307 e. The summed E-state index contributed by atoms with van der Waals surface area (Å²) in [4.78, 5) is 28.2. The number of fused-ring (bicyclic) bond motifs is 1. The second-order valence-corrected chi connectivity index (χ2v) is 5.15. The summed E-state index contributed by atoms with van der Waals surface area (Å²) < 4.78 is 6.42. The third-order valence-electron chi connectivity index (χ3n) is 2.75. The normalized spacial score (nSPS) is 10.9. The van der Waals surface area contributed by atoms with E-state index in [2.05, 4.69) is 10.3 Å². The first-order valence-electron chi connectivity index (χ1n) is 6.45. The number of rotatable bonds is 6. The molecule has 2 aromatic rings. The van der Waals surface area contributed by atoms with Crippen LogP contribution < -0.4 is 10.9 Å². The quantitative estimate of drug-likeness (QED) is 0.638. The van der Waals surface area contributed by atoms with Crippen molar-refractivity contribution in [2.24, 2.45) is 0 Å². The molecule has 2 aromatic heterocycles. The van der Waals surface area contributed by atoms with Crippen molar-refractivity contribution in [2.75, 3.05) is 13.2 Å². The van der Waals surface area contributed by atoms with Crippen LogP contribution in [0.4, 0.5) is 0 Å². The Morgan fingerprint density at radius 1 is 1.55 bits per heavy atom. The van der Waals surface area contributed by atoms with E-state index in [9.17, 15) is 9.59 Å². The number of aryl methyl sites for hydroxylation is 1. The second-order valence-electron chi connectivity index (χ2n) is 4.31. The number of thiazole rings is 1.